The van der Waals surface area contributed by atoms with Gasteiger partial charge in [0, 0.05) is 37.7 Å². The van der Waals surface area contributed by atoms with Gasteiger partial charge < -0.3 is 9.47 Å². The van der Waals surface area contributed by atoms with E-state index in [1.807, 2.05) is 30.3 Å². The molecule has 0 spiro atoms. The van der Waals surface area contributed by atoms with E-state index in [1.54, 1.807) is 19.2 Å². The van der Waals surface area contributed by atoms with E-state index in [2.05, 4.69) is 58.1 Å². The Morgan fingerprint density at radius 2 is 1.68 bits per heavy atom. The van der Waals surface area contributed by atoms with Gasteiger partial charge >= 0.3 is 0 Å². The lowest BCUT2D eigenvalue weighted by molar-refractivity contribution is 0.150. The highest BCUT2D eigenvalue weighted by molar-refractivity contribution is 6.30. The van der Waals surface area contributed by atoms with Crippen molar-refractivity contribution >= 4 is 28.3 Å². The van der Waals surface area contributed by atoms with Gasteiger partial charge in [0.25, 0.3) is 5.56 Å². The number of fused-ring (bicyclic) bond motifs is 1. The molecule has 0 N–H and O–H groups in total. The minimum Gasteiger partial charge on any atom is -0.366 e. The summed E-state index contributed by atoms with van der Waals surface area (Å²) in [5.74, 6) is 0. The molecule has 1 unspecified atom stereocenters. The van der Waals surface area contributed by atoms with Crippen LogP contribution in [0.15, 0.2) is 71.5 Å². The van der Waals surface area contributed by atoms with E-state index in [-0.39, 0.29) is 28.9 Å². The number of pyridine rings is 2. The molecule has 2 atom stereocenters. The highest BCUT2D eigenvalue weighted by Gasteiger charge is 2.33. The van der Waals surface area contributed by atoms with Crippen LogP contribution in [0, 0.1) is 22.7 Å². The average Bonchev–Trinajstić information content (AvgIpc) is 2.93. The summed E-state index contributed by atoms with van der Waals surface area (Å²) in [6.07, 6.45) is 0. The van der Waals surface area contributed by atoms with Gasteiger partial charge in [0.05, 0.1) is 17.2 Å². The number of anilines is 1. The maximum Gasteiger partial charge on any atom is 0.270 e. The molecule has 7 nitrogen and oxygen atoms in total. The molecule has 2 aromatic heterocycles. The number of benzene rings is 2. The molecule has 0 aliphatic carbocycles. The summed E-state index contributed by atoms with van der Waals surface area (Å²) in [4.78, 5) is 22.1. The molecule has 37 heavy (non-hydrogen) atoms. The van der Waals surface area contributed by atoms with Gasteiger partial charge in [-0.3, -0.25) is 9.69 Å². The SMILES string of the molecule is C[C@@H]1CN(c2c(C#N)c(=O)n(C)c3ccc(C#N)nc23)CCN1C(c1ccccc1)c1ccc(Cl)cc1. The standard InChI is InChI=1S/C29H25ClN6O/c1-19-18-35(28-24(17-32)29(37)34(2)25-13-12-23(16-31)33-26(25)28)14-15-36(19)27(20-6-4-3-5-7-20)21-8-10-22(30)11-9-21/h3-13,19,27H,14-15,18H2,1-2H3/t19-,27?/m1/s1. The van der Waals surface area contributed by atoms with Crippen LogP contribution in [-0.2, 0) is 7.05 Å². The quantitative estimate of drug-likeness (QED) is 0.399. The third-order valence-electron chi connectivity index (χ3n) is 7.07. The van der Waals surface area contributed by atoms with Gasteiger partial charge in [-0.1, -0.05) is 54.1 Å². The minimum atomic E-state index is -0.366. The lowest BCUT2D eigenvalue weighted by Crippen LogP contribution is -2.53. The number of hydrogen-bond donors (Lipinski definition) is 0. The molecule has 0 amide bonds. The van der Waals surface area contributed by atoms with Crippen molar-refractivity contribution < 1.29 is 0 Å². The molecule has 8 heteroatoms. The van der Waals surface area contributed by atoms with Crippen molar-refractivity contribution in [3.05, 3.63) is 104 Å². The number of hydrogen-bond acceptors (Lipinski definition) is 6. The Morgan fingerprint density at radius 3 is 2.32 bits per heavy atom. The normalized spacial score (nSPS) is 16.8. The first-order valence-corrected chi connectivity index (χ1v) is 12.5. The smallest absolute Gasteiger partial charge is 0.270 e. The maximum atomic E-state index is 13.1. The van der Waals surface area contributed by atoms with Crippen molar-refractivity contribution in [2.45, 2.75) is 19.0 Å². The summed E-state index contributed by atoms with van der Waals surface area (Å²) < 4.78 is 1.43. The van der Waals surface area contributed by atoms with Crippen molar-refractivity contribution in [3.63, 3.8) is 0 Å². The zero-order valence-electron chi connectivity index (χ0n) is 20.6. The van der Waals surface area contributed by atoms with Crippen LogP contribution in [0.4, 0.5) is 5.69 Å². The van der Waals surface area contributed by atoms with E-state index in [0.717, 1.165) is 5.56 Å². The highest BCUT2D eigenvalue weighted by Crippen LogP contribution is 2.35. The Kier molecular flexibility index (Phi) is 6.67. The van der Waals surface area contributed by atoms with E-state index < -0.39 is 0 Å². The fourth-order valence-corrected chi connectivity index (χ4v) is 5.40. The van der Waals surface area contributed by atoms with Gasteiger partial charge in [0.2, 0.25) is 0 Å². The van der Waals surface area contributed by atoms with Gasteiger partial charge in [0.15, 0.2) is 0 Å². The molecule has 3 heterocycles. The van der Waals surface area contributed by atoms with Crippen molar-refractivity contribution in [2.75, 3.05) is 24.5 Å². The van der Waals surface area contributed by atoms with Crippen LogP contribution in [0.5, 0.6) is 0 Å². The van der Waals surface area contributed by atoms with E-state index in [1.165, 1.54) is 10.1 Å². The Hall–Kier alpha value is -4.17. The molecular formula is C29H25ClN6O. The van der Waals surface area contributed by atoms with Crippen LogP contribution in [0.1, 0.15) is 35.3 Å². The number of rotatable bonds is 4. The lowest BCUT2D eigenvalue weighted by atomic mass is 9.94. The first-order valence-electron chi connectivity index (χ1n) is 12.1. The van der Waals surface area contributed by atoms with Crippen LogP contribution >= 0.6 is 11.6 Å². The first kappa shape index (κ1) is 24.5. The van der Waals surface area contributed by atoms with Crippen LogP contribution < -0.4 is 10.5 Å². The monoisotopic (exact) mass is 508 g/mol. The number of aromatic nitrogens is 2. The molecule has 2 aromatic carbocycles. The second-order valence-corrected chi connectivity index (χ2v) is 9.71. The van der Waals surface area contributed by atoms with Gasteiger partial charge in [-0.15, -0.1) is 0 Å². The number of aryl methyl sites for hydroxylation is 1. The van der Waals surface area contributed by atoms with E-state index in [4.69, 9.17) is 11.6 Å². The van der Waals surface area contributed by atoms with Crippen LogP contribution in [0.25, 0.3) is 11.0 Å². The fraction of sp³-hybridized carbons (Fsp3) is 0.241. The second-order valence-electron chi connectivity index (χ2n) is 9.27. The zero-order valence-corrected chi connectivity index (χ0v) is 21.4. The number of nitriles is 2. The maximum absolute atomic E-state index is 13.1. The largest absolute Gasteiger partial charge is 0.366 e. The number of piperazine rings is 1. The molecule has 1 saturated heterocycles. The molecule has 4 aromatic rings. The minimum absolute atomic E-state index is 0.0229. The van der Waals surface area contributed by atoms with E-state index in [9.17, 15) is 15.3 Å². The van der Waals surface area contributed by atoms with Crippen LogP contribution in [-0.4, -0.2) is 40.1 Å². The third-order valence-corrected chi connectivity index (χ3v) is 7.32. The summed E-state index contributed by atoms with van der Waals surface area (Å²) in [5.41, 5.74) is 3.86. The van der Waals surface area contributed by atoms with Crippen LogP contribution in [0.2, 0.25) is 5.02 Å². The van der Waals surface area contributed by atoms with Crippen molar-refractivity contribution in [2.24, 2.45) is 7.05 Å². The average molecular weight is 509 g/mol. The molecule has 1 aliphatic rings. The predicted octanol–water partition coefficient (Wildman–Crippen LogP) is 4.63. The van der Waals surface area contributed by atoms with Crippen molar-refractivity contribution in [3.8, 4) is 12.1 Å². The summed E-state index contributed by atoms with van der Waals surface area (Å²) in [6.45, 7) is 4.04. The number of halogens is 1. The topological polar surface area (TPSA) is 88.9 Å². The molecule has 5 rings (SSSR count). The third kappa shape index (κ3) is 4.44. The predicted molar refractivity (Wildman–Crippen MR) is 145 cm³/mol. The summed E-state index contributed by atoms with van der Waals surface area (Å²) >= 11 is 6.19. The molecule has 1 fully saturated rings. The number of nitrogens with zero attached hydrogens (tertiary/aromatic N) is 6. The summed E-state index contributed by atoms with van der Waals surface area (Å²) in [7, 11) is 1.63. The molecule has 0 radical (unpaired) electrons. The first-order chi connectivity index (χ1) is 17.9. The molecular weight excluding hydrogens is 484 g/mol. The van der Waals surface area contributed by atoms with Gasteiger partial charge in [-0.2, -0.15) is 10.5 Å². The molecule has 0 bridgehead atoms. The second kappa shape index (κ2) is 10.1. The molecule has 1 aliphatic heterocycles. The van der Waals surface area contributed by atoms with Gasteiger partial charge in [-0.25, -0.2) is 4.98 Å². The zero-order chi connectivity index (χ0) is 26.1. The Labute approximate surface area is 220 Å². The van der Waals surface area contributed by atoms with Crippen LogP contribution in [0.3, 0.4) is 0 Å². The van der Waals surface area contributed by atoms with Crippen molar-refractivity contribution in [1.29, 1.82) is 10.5 Å². The van der Waals surface area contributed by atoms with E-state index in [0.29, 0.717) is 41.4 Å². The van der Waals surface area contributed by atoms with Gasteiger partial charge in [-0.05, 0) is 42.3 Å². The summed E-state index contributed by atoms with van der Waals surface area (Å²) in [6, 6.07) is 25.9. The van der Waals surface area contributed by atoms with Gasteiger partial charge in [0.1, 0.15) is 28.9 Å². The fourth-order valence-electron chi connectivity index (χ4n) is 5.28. The Bertz CT molecular complexity index is 1600. The highest BCUT2D eigenvalue weighted by atomic mass is 35.5. The summed E-state index contributed by atoms with van der Waals surface area (Å²) in [5, 5.41) is 20.1. The Balaban J connectivity index is 1.56. The lowest BCUT2D eigenvalue weighted by Gasteiger charge is -2.45. The van der Waals surface area contributed by atoms with E-state index >= 15 is 0 Å². The Morgan fingerprint density at radius 1 is 0.973 bits per heavy atom. The molecule has 0 saturated carbocycles. The molecule has 184 valence electrons. The van der Waals surface area contributed by atoms with Crippen molar-refractivity contribution in [1.82, 2.24) is 14.5 Å².